The summed E-state index contributed by atoms with van der Waals surface area (Å²) in [6, 6.07) is 13.4. The fourth-order valence-corrected chi connectivity index (χ4v) is 9.88. The Morgan fingerprint density at radius 1 is 1.03 bits per heavy atom. The molecule has 1 spiro atoms. The summed E-state index contributed by atoms with van der Waals surface area (Å²) in [4.78, 5) is 40.0. The molecular weight excluding hydrogens is 789 g/mol. The van der Waals surface area contributed by atoms with Crippen LogP contribution in [0.1, 0.15) is 69.0 Å². The number of aryl methyl sites for hydroxylation is 1. The Labute approximate surface area is 351 Å². The van der Waals surface area contributed by atoms with Gasteiger partial charge in [0, 0.05) is 81.4 Å². The largest absolute Gasteiger partial charge is 0.453 e. The Kier molecular flexibility index (Phi) is 10.7. The number of hydrogen-bond donors (Lipinski definition) is 2. The molecule has 14 nitrogen and oxygen atoms in total. The van der Waals surface area contributed by atoms with E-state index in [0.717, 1.165) is 82.5 Å². The summed E-state index contributed by atoms with van der Waals surface area (Å²) in [5, 5.41) is 17.3. The number of urea groups is 1. The molecule has 3 amide bonds. The maximum atomic E-state index is 15.7. The van der Waals surface area contributed by atoms with Crippen molar-refractivity contribution in [3.05, 3.63) is 71.6 Å². The van der Waals surface area contributed by atoms with Crippen LogP contribution in [0, 0.1) is 28.4 Å². The standard InChI is InChI=1S/C43H47F2N11O3S/c1-4-52(2)60-51-33-8-6-31(44)40(30(33)24-46)59-28-5-7-34-35(19-28)48-36(25-47-34)26-22-43(23-26)12-17-54(18-13-43)27-9-14-55(15-10-27)38-21-37-29(20-32(38)45)41(50-53(37)3)56-16-11-39(57)49-42(56)58/h5-8,19-21,25-27,51H,4,9-18,22-23H2,1-3H3,(H,49,57,58). The molecule has 1 aliphatic carbocycles. The highest BCUT2D eigenvalue weighted by Gasteiger charge is 2.47. The molecule has 4 fully saturated rings. The Hall–Kier alpha value is -5.57. The van der Waals surface area contributed by atoms with Crippen LogP contribution in [0.2, 0.25) is 0 Å². The molecule has 3 aromatic carbocycles. The molecule has 0 radical (unpaired) electrons. The highest BCUT2D eigenvalue weighted by Crippen LogP contribution is 2.56. The third-order valence-electron chi connectivity index (χ3n) is 12.9. The van der Waals surface area contributed by atoms with E-state index in [2.05, 4.69) is 31.0 Å². The Balaban J connectivity index is 0.796. The lowest BCUT2D eigenvalue weighted by molar-refractivity contribution is -0.120. The Morgan fingerprint density at radius 3 is 2.55 bits per heavy atom. The molecule has 3 aliphatic heterocycles. The number of ether oxygens (including phenoxy) is 1. The van der Waals surface area contributed by atoms with E-state index >= 15 is 8.78 Å². The molecule has 17 heteroatoms. The molecule has 312 valence electrons. The minimum absolute atomic E-state index is 0.0842. The number of halogens is 2. The number of nitriles is 1. The maximum absolute atomic E-state index is 15.7. The molecule has 4 aliphatic rings. The smallest absolute Gasteiger partial charge is 0.329 e. The summed E-state index contributed by atoms with van der Waals surface area (Å²) in [5.74, 6) is -0.394. The SMILES string of the molecule is CCN(C)SNc1ccc(F)c(Oc2ccc3ncc(C4CC5(CCN(C6CCN(c7cc8c(cc7F)c(N7CCC(=O)NC7=O)nn8C)CC6)CC5)C4)nc3c2)c1C#N. The number of nitrogens with one attached hydrogen (secondary N) is 2. The molecule has 5 aromatic rings. The summed E-state index contributed by atoms with van der Waals surface area (Å²) in [6.07, 6.45) is 8.34. The monoisotopic (exact) mass is 835 g/mol. The van der Waals surface area contributed by atoms with Gasteiger partial charge in [-0.15, -0.1) is 0 Å². The van der Waals surface area contributed by atoms with Crippen LogP contribution in [0.3, 0.4) is 0 Å². The molecule has 1 saturated carbocycles. The normalized spacial score (nSPS) is 18.9. The second-order valence-corrected chi connectivity index (χ2v) is 17.5. The fraction of sp³-hybridized carbons (Fsp3) is 0.442. The van der Waals surface area contributed by atoms with Gasteiger partial charge >= 0.3 is 6.03 Å². The summed E-state index contributed by atoms with van der Waals surface area (Å²) in [6.45, 7) is 6.58. The molecule has 0 bridgehead atoms. The first-order valence-corrected chi connectivity index (χ1v) is 21.4. The van der Waals surface area contributed by atoms with Crippen LogP contribution < -0.4 is 24.6 Å². The average Bonchev–Trinajstić information content (AvgIpc) is 3.56. The van der Waals surface area contributed by atoms with Crippen molar-refractivity contribution >= 4 is 63.2 Å². The van der Waals surface area contributed by atoms with E-state index in [-0.39, 0.29) is 36.0 Å². The zero-order chi connectivity index (χ0) is 41.7. The molecule has 3 saturated heterocycles. The topological polar surface area (TPSA) is 148 Å². The summed E-state index contributed by atoms with van der Waals surface area (Å²) in [7, 11) is 3.70. The van der Waals surface area contributed by atoms with Crippen molar-refractivity contribution in [1.29, 1.82) is 5.26 Å². The number of carbonyl (C=O) groups is 2. The van der Waals surface area contributed by atoms with E-state index in [1.807, 2.05) is 30.5 Å². The lowest BCUT2D eigenvalue weighted by Crippen LogP contribution is -2.52. The van der Waals surface area contributed by atoms with Crippen LogP contribution in [0.15, 0.2) is 48.7 Å². The van der Waals surface area contributed by atoms with Crippen LogP contribution in [-0.4, -0.2) is 93.2 Å². The van der Waals surface area contributed by atoms with E-state index < -0.39 is 11.8 Å². The summed E-state index contributed by atoms with van der Waals surface area (Å²) < 4.78 is 43.5. The summed E-state index contributed by atoms with van der Waals surface area (Å²) >= 11 is 1.32. The molecule has 5 heterocycles. The number of amides is 3. The number of anilines is 3. The third-order valence-corrected chi connectivity index (χ3v) is 13.8. The highest BCUT2D eigenvalue weighted by molar-refractivity contribution is 7.98. The van der Waals surface area contributed by atoms with Crippen molar-refractivity contribution in [3.63, 3.8) is 0 Å². The van der Waals surface area contributed by atoms with Gasteiger partial charge in [-0.25, -0.2) is 22.9 Å². The second kappa shape index (κ2) is 16.1. The van der Waals surface area contributed by atoms with Gasteiger partial charge in [0.1, 0.15) is 23.2 Å². The number of fused-ring (bicyclic) bond motifs is 2. The van der Waals surface area contributed by atoms with Crippen molar-refractivity contribution in [2.75, 3.05) is 60.8 Å². The predicted octanol–water partition coefficient (Wildman–Crippen LogP) is 7.46. The number of benzene rings is 3. The van der Waals surface area contributed by atoms with Crippen LogP contribution in [0.4, 0.5) is 30.8 Å². The zero-order valence-electron chi connectivity index (χ0n) is 33.9. The van der Waals surface area contributed by atoms with Crippen molar-refractivity contribution in [1.82, 2.24) is 34.3 Å². The van der Waals surface area contributed by atoms with E-state index in [9.17, 15) is 14.9 Å². The number of imide groups is 1. The maximum Gasteiger partial charge on any atom is 0.329 e. The van der Waals surface area contributed by atoms with E-state index in [1.54, 1.807) is 29.9 Å². The van der Waals surface area contributed by atoms with E-state index in [1.165, 1.54) is 35.2 Å². The molecule has 2 N–H and O–H groups in total. The lowest BCUT2D eigenvalue weighted by Gasteiger charge is -2.53. The number of rotatable bonds is 10. The van der Waals surface area contributed by atoms with Crippen molar-refractivity contribution < 1.29 is 23.1 Å². The van der Waals surface area contributed by atoms with E-state index in [0.29, 0.717) is 56.7 Å². The van der Waals surface area contributed by atoms with Gasteiger partial charge in [0.05, 0.1) is 33.6 Å². The average molecular weight is 836 g/mol. The third kappa shape index (κ3) is 7.56. The van der Waals surface area contributed by atoms with Gasteiger partial charge in [-0.3, -0.25) is 24.7 Å². The molecule has 0 unspecified atom stereocenters. The predicted molar refractivity (Wildman–Crippen MR) is 227 cm³/mol. The summed E-state index contributed by atoms with van der Waals surface area (Å²) in [5.41, 5.74) is 4.45. The first-order chi connectivity index (χ1) is 29.0. The van der Waals surface area contributed by atoms with Crippen LogP contribution in [-0.2, 0) is 11.8 Å². The molecule has 2 aromatic heterocycles. The fourth-order valence-electron chi connectivity index (χ4n) is 9.32. The van der Waals surface area contributed by atoms with Gasteiger partial charge < -0.3 is 19.3 Å². The number of hydrogen-bond acceptors (Lipinski definition) is 12. The number of carbonyl (C=O) groups excluding carboxylic acids is 2. The lowest BCUT2D eigenvalue weighted by atomic mass is 9.56. The van der Waals surface area contributed by atoms with Crippen LogP contribution in [0.5, 0.6) is 11.5 Å². The first-order valence-electron chi connectivity index (χ1n) is 20.6. The first kappa shape index (κ1) is 39.9. The number of nitrogens with zero attached hydrogens (tertiary/aromatic N) is 9. The highest BCUT2D eigenvalue weighted by atomic mass is 32.2. The zero-order valence-corrected chi connectivity index (χ0v) is 34.7. The van der Waals surface area contributed by atoms with Crippen LogP contribution >= 0.6 is 12.1 Å². The molecular formula is C43H47F2N11O3S. The molecule has 60 heavy (non-hydrogen) atoms. The van der Waals surface area contributed by atoms with Gasteiger partial charge in [0.25, 0.3) is 0 Å². The Morgan fingerprint density at radius 2 is 1.82 bits per heavy atom. The molecule has 9 rings (SSSR count). The van der Waals surface area contributed by atoms with Gasteiger partial charge in [-0.05, 0) is 100 Å². The number of aromatic nitrogens is 4. The van der Waals surface area contributed by atoms with Crippen molar-refractivity contribution in [3.8, 4) is 17.6 Å². The minimum Gasteiger partial charge on any atom is -0.453 e. The minimum atomic E-state index is -0.625. The van der Waals surface area contributed by atoms with Gasteiger partial charge in [-0.1, -0.05) is 6.92 Å². The number of likely N-dealkylation sites (tertiary alicyclic amines) is 1. The van der Waals surface area contributed by atoms with E-state index in [4.69, 9.17) is 14.7 Å². The quantitative estimate of drug-likeness (QED) is 0.135. The van der Waals surface area contributed by atoms with Gasteiger partial charge in [0.2, 0.25) is 5.91 Å². The number of piperidine rings is 2. The molecule has 0 atom stereocenters. The Bertz CT molecular complexity index is 2520. The van der Waals surface area contributed by atoms with Crippen molar-refractivity contribution in [2.45, 2.75) is 63.8 Å². The van der Waals surface area contributed by atoms with Crippen molar-refractivity contribution in [2.24, 2.45) is 12.5 Å². The van der Waals surface area contributed by atoms with Gasteiger partial charge in [-0.2, -0.15) is 10.4 Å². The second-order valence-electron chi connectivity index (χ2n) is 16.5. The van der Waals surface area contributed by atoms with Gasteiger partial charge in [0.15, 0.2) is 17.4 Å². The van der Waals surface area contributed by atoms with Crippen LogP contribution in [0.25, 0.3) is 21.9 Å².